The Labute approximate surface area is 215 Å². The summed E-state index contributed by atoms with van der Waals surface area (Å²) in [4.78, 5) is 28.6. The molecule has 200 valence electrons. The summed E-state index contributed by atoms with van der Waals surface area (Å²) < 4.78 is 29.4. The molecule has 1 saturated heterocycles. The second-order valence-corrected chi connectivity index (χ2v) is 9.82. The molecule has 2 aliphatic rings. The number of oxime groups is 1. The number of anilines is 2. The number of aliphatic hydroxyl groups is 1. The maximum Gasteiger partial charge on any atom is 0.319 e. The number of hydrogen-bond acceptors (Lipinski definition) is 7. The number of piperidine rings is 1. The van der Waals surface area contributed by atoms with E-state index < -0.39 is 23.8 Å². The molecule has 37 heavy (non-hydrogen) atoms. The molecule has 0 bridgehead atoms. The SMILES string of the molecule is Cc1cnc(N2CCC(ON=C3CCC(c4cc(F)c(NC(=O)NCC(C)O)cc4F)CC3)CC2)nc1. The van der Waals surface area contributed by atoms with Gasteiger partial charge in [-0.1, -0.05) is 5.16 Å². The summed E-state index contributed by atoms with van der Waals surface area (Å²) in [6.07, 6.45) is 7.19. The van der Waals surface area contributed by atoms with Crippen LogP contribution in [-0.2, 0) is 4.84 Å². The molecule has 1 aromatic heterocycles. The molecule has 1 atom stereocenters. The molecule has 9 nitrogen and oxygen atoms in total. The summed E-state index contributed by atoms with van der Waals surface area (Å²) in [5, 5.41) is 18.3. The number of aliphatic hydroxyl groups excluding tert-OH is 1. The van der Waals surface area contributed by atoms with Crippen molar-refractivity contribution < 1.29 is 23.5 Å². The Morgan fingerprint density at radius 3 is 2.49 bits per heavy atom. The summed E-state index contributed by atoms with van der Waals surface area (Å²) in [5.41, 5.74) is 2.03. The lowest BCUT2D eigenvalue weighted by Gasteiger charge is -2.31. The first kappa shape index (κ1) is 26.7. The highest BCUT2D eigenvalue weighted by molar-refractivity contribution is 5.89. The van der Waals surface area contributed by atoms with Crippen molar-refractivity contribution in [2.24, 2.45) is 5.16 Å². The topological polar surface area (TPSA) is 112 Å². The van der Waals surface area contributed by atoms with E-state index in [4.69, 9.17) is 4.84 Å². The van der Waals surface area contributed by atoms with E-state index in [1.165, 1.54) is 6.92 Å². The second-order valence-electron chi connectivity index (χ2n) is 9.82. The van der Waals surface area contributed by atoms with Crippen LogP contribution in [0.2, 0.25) is 0 Å². The van der Waals surface area contributed by atoms with Crippen LogP contribution in [0.1, 0.15) is 62.5 Å². The van der Waals surface area contributed by atoms with Gasteiger partial charge < -0.3 is 25.5 Å². The van der Waals surface area contributed by atoms with Crippen molar-refractivity contribution in [1.82, 2.24) is 15.3 Å². The molecule has 0 radical (unpaired) electrons. The van der Waals surface area contributed by atoms with E-state index in [2.05, 4.69) is 30.7 Å². The van der Waals surface area contributed by atoms with Gasteiger partial charge in [0.2, 0.25) is 5.95 Å². The minimum atomic E-state index is -0.743. The maximum atomic E-state index is 14.8. The molecule has 11 heteroatoms. The lowest BCUT2D eigenvalue weighted by Crippen LogP contribution is -2.37. The maximum absolute atomic E-state index is 14.8. The van der Waals surface area contributed by atoms with Gasteiger partial charge in [0.05, 0.1) is 17.5 Å². The third-order valence-electron chi connectivity index (χ3n) is 6.72. The first-order chi connectivity index (χ1) is 17.8. The van der Waals surface area contributed by atoms with Crippen LogP contribution in [0.3, 0.4) is 0 Å². The van der Waals surface area contributed by atoms with E-state index >= 15 is 0 Å². The van der Waals surface area contributed by atoms with E-state index in [1.54, 1.807) is 0 Å². The molecule has 2 heterocycles. The van der Waals surface area contributed by atoms with Crippen molar-refractivity contribution in [3.05, 3.63) is 47.3 Å². The summed E-state index contributed by atoms with van der Waals surface area (Å²) in [5.74, 6) is -0.656. The van der Waals surface area contributed by atoms with Gasteiger partial charge in [-0.15, -0.1) is 0 Å². The average Bonchev–Trinajstić information content (AvgIpc) is 2.89. The van der Waals surface area contributed by atoms with Gasteiger partial charge in [-0.05, 0) is 62.6 Å². The quantitative estimate of drug-likeness (QED) is 0.474. The van der Waals surface area contributed by atoms with Crippen molar-refractivity contribution in [2.45, 2.75) is 70.5 Å². The molecule has 1 saturated carbocycles. The van der Waals surface area contributed by atoms with Crippen LogP contribution in [0.15, 0.2) is 29.7 Å². The minimum absolute atomic E-state index is 0.00523. The Balaban J connectivity index is 1.24. The Morgan fingerprint density at radius 1 is 1.16 bits per heavy atom. The molecule has 1 aliphatic carbocycles. The van der Waals surface area contributed by atoms with Crippen LogP contribution in [0.25, 0.3) is 0 Å². The number of aryl methyl sites for hydroxylation is 1. The van der Waals surface area contributed by atoms with Gasteiger partial charge in [0.1, 0.15) is 17.7 Å². The number of benzene rings is 1. The number of nitrogens with one attached hydrogen (secondary N) is 2. The predicted molar refractivity (Wildman–Crippen MR) is 137 cm³/mol. The van der Waals surface area contributed by atoms with Crippen molar-refractivity contribution in [1.29, 1.82) is 0 Å². The van der Waals surface area contributed by atoms with Gasteiger partial charge in [-0.3, -0.25) is 0 Å². The monoisotopic (exact) mass is 516 g/mol. The Kier molecular flexibility index (Phi) is 8.86. The number of carbonyl (C=O) groups excluding carboxylic acids is 1. The Hall–Kier alpha value is -3.34. The molecule has 2 aromatic rings. The summed E-state index contributed by atoms with van der Waals surface area (Å²) in [7, 11) is 0. The van der Waals surface area contributed by atoms with Crippen molar-refractivity contribution in [3.8, 4) is 0 Å². The zero-order valence-corrected chi connectivity index (χ0v) is 21.2. The minimum Gasteiger partial charge on any atom is -0.392 e. The highest BCUT2D eigenvalue weighted by Gasteiger charge is 2.26. The fourth-order valence-electron chi connectivity index (χ4n) is 4.59. The number of rotatable bonds is 7. The average molecular weight is 517 g/mol. The van der Waals surface area contributed by atoms with Gasteiger partial charge in [0.25, 0.3) is 0 Å². The van der Waals surface area contributed by atoms with E-state index in [0.29, 0.717) is 31.2 Å². The zero-order valence-electron chi connectivity index (χ0n) is 21.2. The van der Waals surface area contributed by atoms with Crippen LogP contribution in [-0.4, -0.2) is 58.7 Å². The second kappa shape index (κ2) is 12.3. The summed E-state index contributed by atoms with van der Waals surface area (Å²) >= 11 is 0. The van der Waals surface area contributed by atoms with Crippen LogP contribution in [0.5, 0.6) is 0 Å². The lowest BCUT2D eigenvalue weighted by molar-refractivity contribution is 0.0406. The van der Waals surface area contributed by atoms with Crippen molar-refractivity contribution in [3.63, 3.8) is 0 Å². The van der Waals surface area contributed by atoms with Gasteiger partial charge in [0.15, 0.2) is 0 Å². The van der Waals surface area contributed by atoms with Crippen LogP contribution in [0, 0.1) is 18.6 Å². The van der Waals surface area contributed by atoms with Crippen LogP contribution < -0.4 is 15.5 Å². The highest BCUT2D eigenvalue weighted by atomic mass is 19.1. The standard InChI is InChI=1S/C26H34F2N6O3/c1-16-13-29-25(30-14-16)34-9-7-20(8-10-34)37-33-19-5-3-18(4-6-19)21-11-23(28)24(12-22(21)27)32-26(36)31-15-17(2)35/h11-14,17-18,20,35H,3-10,15H2,1-2H3,(H2,31,32,36). The van der Waals surface area contributed by atoms with Crippen molar-refractivity contribution in [2.75, 3.05) is 29.9 Å². The number of hydrogen-bond donors (Lipinski definition) is 3. The van der Waals surface area contributed by atoms with E-state index in [-0.39, 0.29) is 24.3 Å². The molecule has 3 N–H and O–H groups in total. The van der Waals surface area contributed by atoms with Gasteiger partial charge in [-0.25, -0.2) is 23.5 Å². The third kappa shape index (κ3) is 7.34. The molecular formula is C26H34F2N6O3. The molecule has 2 amide bonds. The number of aromatic nitrogens is 2. The lowest BCUT2D eigenvalue weighted by atomic mass is 9.83. The fourth-order valence-corrected chi connectivity index (χ4v) is 4.59. The summed E-state index contributed by atoms with van der Waals surface area (Å²) in [6, 6.07) is 1.46. The Morgan fingerprint density at radius 2 is 1.84 bits per heavy atom. The predicted octanol–water partition coefficient (Wildman–Crippen LogP) is 4.26. The molecule has 4 rings (SSSR count). The third-order valence-corrected chi connectivity index (χ3v) is 6.72. The van der Waals surface area contributed by atoms with E-state index in [0.717, 1.165) is 55.3 Å². The van der Waals surface area contributed by atoms with Gasteiger partial charge in [-0.2, -0.15) is 0 Å². The van der Waals surface area contributed by atoms with E-state index in [1.807, 2.05) is 19.3 Å². The number of amides is 2. The molecule has 0 spiro atoms. The molecule has 1 unspecified atom stereocenters. The highest BCUT2D eigenvalue weighted by Crippen LogP contribution is 2.35. The van der Waals surface area contributed by atoms with Crippen LogP contribution >= 0.6 is 0 Å². The summed E-state index contributed by atoms with van der Waals surface area (Å²) in [6.45, 7) is 5.08. The van der Waals surface area contributed by atoms with Crippen LogP contribution in [0.4, 0.5) is 25.2 Å². The largest absolute Gasteiger partial charge is 0.392 e. The molecular weight excluding hydrogens is 482 g/mol. The van der Waals surface area contributed by atoms with Gasteiger partial charge in [0, 0.05) is 50.9 Å². The zero-order chi connectivity index (χ0) is 26.4. The van der Waals surface area contributed by atoms with E-state index in [9.17, 15) is 18.7 Å². The number of carbonyl (C=O) groups is 1. The number of halogens is 2. The molecule has 2 fully saturated rings. The smallest absolute Gasteiger partial charge is 0.319 e. The first-order valence-corrected chi connectivity index (χ1v) is 12.8. The fraction of sp³-hybridized carbons (Fsp3) is 0.538. The molecule has 1 aromatic carbocycles. The molecule has 1 aliphatic heterocycles. The van der Waals surface area contributed by atoms with Gasteiger partial charge >= 0.3 is 6.03 Å². The van der Waals surface area contributed by atoms with Crippen molar-refractivity contribution >= 4 is 23.4 Å². The number of nitrogens with zero attached hydrogens (tertiary/aromatic N) is 4. The Bertz CT molecular complexity index is 1090. The number of urea groups is 1. The normalized spacial score (nSPS) is 19.3. The first-order valence-electron chi connectivity index (χ1n) is 12.8.